The van der Waals surface area contributed by atoms with Gasteiger partial charge in [0.05, 0.1) is 6.54 Å². The summed E-state index contributed by atoms with van der Waals surface area (Å²) in [5.41, 5.74) is -0.124. The Bertz CT molecular complexity index is 810. The van der Waals surface area contributed by atoms with E-state index in [-0.39, 0.29) is 30.4 Å². The Hall–Kier alpha value is -2.35. The number of rotatable bonds is 8. The Morgan fingerprint density at radius 3 is 2.58 bits per heavy atom. The Kier molecular flexibility index (Phi) is 9.43. The molecule has 0 atom stereocenters. The normalized spacial score (nSPS) is 9.85. The molecular formula is C17H21Cl2N5O2. The van der Waals surface area contributed by atoms with Gasteiger partial charge in [-0.1, -0.05) is 18.2 Å². The summed E-state index contributed by atoms with van der Waals surface area (Å²) in [4.78, 5) is 15.8. The number of ether oxygens (including phenoxy) is 1. The maximum Gasteiger partial charge on any atom is 0.266 e. The third-order valence-corrected chi connectivity index (χ3v) is 3.41. The zero-order valence-corrected chi connectivity index (χ0v) is 15.7. The van der Waals surface area contributed by atoms with Crippen LogP contribution in [-0.2, 0) is 6.54 Å². The van der Waals surface area contributed by atoms with Crippen LogP contribution in [0.2, 0.25) is 0 Å². The van der Waals surface area contributed by atoms with Gasteiger partial charge in [0.1, 0.15) is 18.7 Å². The number of halogens is 2. The first kappa shape index (κ1) is 21.7. The summed E-state index contributed by atoms with van der Waals surface area (Å²) < 4.78 is 8.80. The Labute approximate surface area is 163 Å². The van der Waals surface area contributed by atoms with E-state index in [1.165, 1.54) is 10.7 Å². The van der Waals surface area contributed by atoms with Gasteiger partial charge in [-0.2, -0.15) is 5.10 Å². The molecule has 2 aromatic heterocycles. The SMILES string of the molecule is Cl.Cl.O=c1ccc(-n2ccnc2)nn1CCNCCOc1ccccc1. The molecule has 0 aliphatic rings. The number of hydrogen-bond donors (Lipinski definition) is 1. The second kappa shape index (κ2) is 11.3. The molecule has 0 spiro atoms. The van der Waals surface area contributed by atoms with E-state index in [9.17, 15) is 4.79 Å². The minimum Gasteiger partial charge on any atom is -0.492 e. The number of hydrogen-bond acceptors (Lipinski definition) is 5. The first-order valence-corrected chi connectivity index (χ1v) is 7.78. The van der Waals surface area contributed by atoms with Crippen molar-refractivity contribution in [1.82, 2.24) is 24.6 Å². The smallest absolute Gasteiger partial charge is 0.266 e. The predicted molar refractivity (Wildman–Crippen MR) is 105 cm³/mol. The van der Waals surface area contributed by atoms with Crippen molar-refractivity contribution in [3.8, 4) is 11.6 Å². The molecule has 0 radical (unpaired) electrons. The summed E-state index contributed by atoms with van der Waals surface area (Å²) in [6.45, 7) is 2.40. The largest absolute Gasteiger partial charge is 0.492 e. The first-order chi connectivity index (χ1) is 11.8. The van der Waals surface area contributed by atoms with Crippen LogP contribution < -0.4 is 15.6 Å². The summed E-state index contributed by atoms with van der Waals surface area (Å²) in [6.07, 6.45) is 5.11. The minimum absolute atomic E-state index is 0. The molecule has 3 rings (SSSR count). The average Bonchev–Trinajstić information content (AvgIpc) is 3.15. The van der Waals surface area contributed by atoms with Crippen LogP contribution in [-0.4, -0.2) is 39.0 Å². The van der Waals surface area contributed by atoms with Crippen molar-refractivity contribution in [3.63, 3.8) is 0 Å². The van der Waals surface area contributed by atoms with Crippen LogP contribution in [0.25, 0.3) is 5.82 Å². The Balaban J connectivity index is 0.00000169. The molecule has 26 heavy (non-hydrogen) atoms. The summed E-state index contributed by atoms with van der Waals surface area (Å²) >= 11 is 0. The fourth-order valence-electron chi connectivity index (χ4n) is 2.20. The quantitative estimate of drug-likeness (QED) is 0.587. The lowest BCUT2D eigenvalue weighted by Gasteiger charge is -2.09. The van der Waals surface area contributed by atoms with Gasteiger partial charge >= 0.3 is 0 Å². The van der Waals surface area contributed by atoms with Crippen LogP contribution in [0, 0.1) is 0 Å². The van der Waals surface area contributed by atoms with Gasteiger partial charge in [0.15, 0.2) is 5.82 Å². The second-order valence-corrected chi connectivity index (χ2v) is 5.13. The lowest BCUT2D eigenvalue weighted by Crippen LogP contribution is -2.31. The number of nitrogens with zero attached hydrogens (tertiary/aromatic N) is 4. The predicted octanol–water partition coefficient (Wildman–Crippen LogP) is 1.94. The van der Waals surface area contributed by atoms with Gasteiger partial charge in [-0.3, -0.25) is 9.36 Å². The van der Waals surface area contributed by atoms with Crippen molar-refractivity contribution in [2.75, 3.05) is 19.7 Å². The van der Waals surface area contributed by atoms with Crippen molar-refractivity contribution in [2.45, 2.75) is 6.54 Å². The topological polar surface area (TPSA) is 74.0 Å². The highest BCUT2D eigenvalue weighted by Gasteiger charge is 2.02. The molecule has 0 aliphatic carbocycles. The van der Waals surface area contributed by atoms with Gasteiger partial charge < -0.3 is 10.1 Å². The summed E-state index contributed by atoms with van der Waals surface area (Å²) in [5.74, 6) is 1.52. The van der Waals surface area contributed by atoms with Crippen molar-refractivity contribution < 1.29 is 4.74 Å². The fourth-order valence-corrected chi connectivity index (χ4v) is 2.20. The van der Waals surface area contributed by atoms with Crippen LogP contribution in [0.1, 0.15) is 0 Å². The molecule has 0 amide bonds. The van der Waals surface area contributed by atoms with Gasteiger partial charge in [0.25, 0.3) is 5.56 Å². The fraction of sp³-hybridized carbons (Fsp3) is 0.235. The van der Waals surface area contributed by atoms with Crippen LogP contribution in [0.5, 0.6) is 5.75 Å². The van der Waals surface area contributed by atoms with Crippen LogP contribution in [0.3, 0.4) is 0 Å². The standard InChI is InChI=1S/C17H19N5O2.2ClH/c23-17-7-6-16(21-11-8-19-14-21)20-22(17)12-9-18-10-13-24-15-4-2-1-3-5-15;;/h1-8,11,14,18H,9-10,12-13H2;2*1H. The van der Waals surface area contributed by atoms with Crippen LogP contribution in [0.15, 0.2) is 66.0 Å². The van der Waals surface area contributed by atoms with E-state index >= 15 is 0 Å². The van der Waals surface area contributed by atoms with Crippen molar-refractivity contribution in [2.24, 2.45) is 0 Å². The molecule has 0 aliphatic heterocycles. The van der Waals surface area contributed by atoms with Crippen LogP contribution >= 0.6 is 24.8 Å². The third kappa shape index (κ3) is 6.18. The number of nitrogens with one attached hydrogen (secondary N) is 1. The number of benzene rings is 1. The number of para-hydroxylation sites is 1. The van der Waals surface area contributed by atoms with E-state index in [0.717, 1.165) is 5.75 Å². The van der Waals surface area contributed by atoms with E-state index < -0.39 is 0 Å². The molecule has 7 nitrogen and oxygen atoms in total. The van der Waals surface area contributed by atoms with E-state index in [1.54, 1.807) is 29.4 Å². The van der Waals surface area contributed by atoms with Crippen molar-refractivity contribution >= 4 is 24.8 Å². The van der Waals surface area contributed by atoms with Crippen LogP contribution in [0.4, 0.5) is 0 Å². The maximum absolute atomic E-state index is 11.9. The van der Waals surface area contributed by atoms with Crippen molar-refractivity contribution in [3.05, 3.63) is 71.5 Å². The van der Waals surface area contributed by atoms with Gasteiger partial charge in [0.2, 0.25) is 0 Å². The molecule has 0 unspecified atom stereocenters. The lowest BCUT2D eigenvalue weighted by molar-refractivity contribution is 0.312. The van der Waals surface area contributed by atoms with Gasteiger partial charge in [-0.15, -0.1) is 24.8 Å². The molecule has 0 fully saturated rings. The maximum atomic E-state index is 11.9. The molecule has 1 aromatic carbocycles. The average molecular weight is 398 g/mol. The molecule has 9 heteroatoms. The first-order valence-electron chi connectivity index (χ1n) is 7.78. The lowest BCUT2D eigenvalue weighted by atomic mass is 10.3. The minimum atomic E-state index is -0.124. The van der Waals surface area contributed by atoms with Crippen molar-refractivity contribution in [1.29, 1.82) is 0 Å². The molecule has 140 valence electrons. The Morgan fingerprint density at radius 1 is 1.04 bits per heavy atom. The van der Waals surface area contributed by atoms with E-state index in [2.05, 4.69) is 15.4 Å². The molecule has 0 saturated heterocycles. The van der Waals surface area contributed by atoms with Gasteiger partial charge in [0, 0.05) is 31.5 Å². The third-order valence-electron chi connectivity index (χ3n) is 3.41. The molecular weight excluding hydrogens is 377 g/mol. The number of aromatic nitrogens is 4. The molecule has 2 heterocycles. The zero-order valence-electron chi connectivity index (χ0n) is 14.0. The van der Waals surface area contributed by atoms with E-state index in [1.807, 2.05) is 30.3 Å². The highest BCUT2D eigenvalue weighted by Crippen LogP contribution is 2.07. The molecule has 0 bridgehead atoms. The zero-order chi connectivity index (χ0) is 16.6. The molecule has 1 N–H and O–H groups in total. The number of imidazole rings is 1. The summed E-state index contributed by atoms with van der Waals surface area (Å²) in [5, 5.41) is 7.58. The highest BCUT2D eigenvalue weighted by atomic mass is 35.5. The monoisotopic (exact) mass is 397 g/mol. The Morgan fingerprint density at radius 2 is 1.85 bits per heavy atom. The second-order valence-electron chi connectivity index (χ2n) is 5.13. The summed E-state index contributed by atoms with van der Waals surface area (Å²) in [7, 11) is 0. The van der Waals surface area contributed by atoms with Gasteiger partial charge in [-0.05, 0) is 18.2 Å². The molecule has 3 aromatic rings. The molecule has 0 saturated carbocycles. The van der Waals surface area contributed by atoms with Gasteiger partial charge in [-0.25, -0.2) is 9.67 Å². The van der Waals surface area contributed by atoms with E-state index in [0.29, 0.717) is 32.1 Å². The van der Waals surface area contributed by atoms with E-state index in [4.69, 9.17) is 4.74 Å². The highest BCUT2D eigenvalue weighted by molar-refractivity contribution is 5.85. The summed E-state index contributed by atoms with van der Waals surface area (Å²) in [6, 6.07) is 12.9.